The molecule has 12 rings (SSSR count). The van der Waals surface area contributed by atoms with Gasteiger partial charge in [-0.3, -0.25) is 0 Å². The number of pyridine rings is 6. The number of hydrogen-bond acceptors (Lipinski definition) is 0. The van der Waals surface area contributed by atoms with Crippen molar-refractivity contribution in [2.75, 3.05) is 0 Å². The van der Waals surface area contributed by atoms with E-state index in [1.54, 1.807) is 6.07 Å². The summed E-state index contributed by atoms with van der Waals surface area (Å²) < 4.78 is 74.1. The number of benzene rings is 6. The Labute approximate surface area is 601 Å². The van der Waals surface area contributed by atoms with Gasteiger partial charge in [0.15, 0.2) is 37.2 Å². The van der Waals surface area contributed by atoms with Gasteiger partial charge in [-0.1, -0.05) is 123 Å². The highest BCUT2D eigenvalue weighted by Crippen LogP contribution is 2.28. The molecule has 12 aromatic rings. The molecule has 0 bridgehead atoms. The summed E-state index contributed by atoms with van der Waals surface area (Å²) in [5.74, 6) is -3.08. The topological polar surface area (TPSA) is 23.3 Å². The molecule has 0 saturated heterocycles. The Balaban J connectivity index is 0.000000179. The molecule has 0 N–H and O–H groups in total. The van der Waals surface area contributed by atoms with Crippen molar-refractivity contribution in [2.45, 2.75) is 130 Å². The zero-order valence-corrected chi connectivity index (χ0v) is 62.4. The number of aromatic nitrogens is 6. The van der Waals surface area contributed by atoms with Crippen LogP contribution in [-0.2, 0) is 48.7 Å². The Kier molecular flexibility index (Phi) is 23.2. The Morgan fingerprint density at radius 3 is 1.06 bits per heavy atom. The monoisotopic (exact) mass is 1310 g/mol. The van der Waals surface area contributed by atoms with Gasteiger partial charge in [-0.2, -0.15) is 0 Å². The van der Waals surface area contributed by atoms with Crippen molar-refractivity contribution >= 4 is 0 Å². The van der Waals surface area contributed by atoms with Crippen LogP contribution in [0.15, 0.2) is 237 Å². The highest BCUT2D eigenvalue weighted by molar-refractivity contribution is 5.66. The SMILES string of the molecule is Cc1ccc(-c2cc(C)c(C)c[n+]2C)c(C)c1.Cc1ccc(-c2ccc(C)c[n+]2C)c(C)c1.Cc1ccc(C)c(-c2cccc[n+]2C)c1.Cc1ccc(C)c(-c2cccc[n+]2C)c1.[2H]C([2H])([2H])C([2H])(C)Cc1ccc(-c2cccc[n+]2C)c(C)c1.[2H]C([2H])([2H])C([2H])(C)c1ccc(-c2cccc[n+]2C)c(C)c1. The number of hydrogen-bond donors (Lipinski definition) is 0. The Hall–Kier alpha value is -9.78. The van der Waals surface area contributed by atoms with Crippen molar-refractivity contribution in [3.05, 3.63) is 321 Å². The van der Waals surface area contributed by atoms with Crippen molar-refractivity contribution in [3.63, 3.8) is 0 Å². The highest BCUT2D eigenvalue weighted by Gasteiger charge is 2.18. The summed E-state index contributed by atoms with van der Waals surface area (Å²) in [5, 5.41) is 0. The molecule has 0 aliphatic carbocycles. The van der Waals surface area contributed by atoms with E-state index in [9.17, 15) is 0 Å². The van der Waals surface area contributed by atoms with Gasteiger partial charge in [-0.05, 0) is 225 Å². The Bertz CT molecular complexity index is 4880. The molecule has 0 aliphatic heterocycles. The van der Waals surface area contributed by atoms with Crippen LogP contribution in [0.25, 0.3) is 67.5 Å². The predicted octanol–water partition coefficient (Wildman–Crippen LogP) is 19.4. The van der Waals surface area contributed by atoms with E-state index < -0.39 is 25.5 Å². The van der Waals surface area contributed by atoms with Crippen LogP contribution in [0, 0.1) is 95.9 Å². The molecule has 504 valence electrons. The summed E-state index contributed by atoms with van der Waals surface area (Å²) in [7, 11) is 12.3. The van der Waals surface area contributed by atoms with E-state index >= 15 is 0 Å². The van der Waals surface area contributed by atoms with Gasteiger partial charge in [-0.15, -0.1) is 0 Å². The second-order valence-corrected chi connectivity index (χ2v) is 26.7. The van der Waals surface area contributed by atoms with E-state index in [2.05, 4.69) is 285 Å². The van der Waals surface area contributed by atoms with Gasteiger partial charge in [0, 0.05) is 116 Å². The average Bonchev–Trinajstić information content (AvgIpc) is 0.776. The molecular weight excluding hydrogens is 1190 g/mol. The largest absolute Gasteiger partial charge is 0.212 e. The van der Waals surface area contributed by atoms with Crippen LogP contribution >= 0.6 is 0 Å². The van der Waals surface area contributed by atoms with Crippen LogP contribution in [0.2, 0.25) is 0 Å². The van der Waals surface area contributed by atoms with E-state index in [4.69, 9.17) is 11.0 Å². The average molecular weight is 1310 g/mol. The second kappa shape index (κ2) is 35.5. The van der Waals surface area contributed by atoms with E-state index in [0.29, 0.717) is 5.56 Å². The maximum absolute atomic E-state index is 8.17. The third-order valence-electron chi connectivity index (χ3n) is 17.9. The normalized spacial score (nSPS) is 13.3. The molecule has 0 radical (unpaired) electrons. The molecule has 98 heavy (non-hydrogen) atoms. The lowest BCUT2D eigenvalue weighted by Crippen LogP contribution is -2.31. The van der Waals surface area contributed by atoms with Crippen LogP contribution in [0.3, 0.4) is 0 Å². The Morgan fingerprint density at radius 1 is 0.286 bits per heavy atom. The number of rotatable bonds is 9. The van der Waals surface area contributed by atoms with E-state index in [1.807, 2.05) is 106 Å². The van der Waals surface area contributed by atoms with E-state index in [0.717, 1.165) is 39.2 Å². The van der Waals surface area contributed by atoms with Crippen LogP contribution in [0.4, 0.5) is 0 Å². The summed E-state index contributed by atoms with van der Waals surface area (Å²) in [6, 6.07) is 68.9. The molecule has 6 aromatic heterocycles. The lowest BCUT2D eigenvalue weighted by molar-refractivity contribution is -0.660. The molecule has 6 aromatic carbocycles. The Morgan fingerprint density at radius 2 is 0.653 bits per heavy atom. The smallest absolute Gasteiger partial charge is 0.201 e. The van der Waals surface area contributed by atoms with Gasteiger partial charge in [0.2, 0.25) is 34.2 Å². The minimum absolute atomic E-state index is 0.214. The zero-order valence-electron chi connectivity index (χ0n) is 70.4. The molecular formula is C92H112N6+6. The molecule has 0 spiro atoms. The van der Waals surface area contributed by atoms with Crippen molar-refractivity contribution in [1.29, 1.82) is 0 Å². The summed E-state index contributed by atoms with van der Waals surface area (Å²) in [6.45, 7) is 25.9. The molecule has 0 saturated carbocycles. The van der Waals surface area contributed by atoms with Crippen LogP contribution in [0.5, 0.6) is 0 Å². The van der Waals surface area contributed by atoms with Crippen molar-refractivity contribution in [3.8, 4) is 67.5 Å². The fraction of sp³-hybridized carbons (Fsp3) is 0.283. The minimum Gasteiger partial charge on any atom is -0.201 e. The van der Waals surface area contributed by atoms with Crippen LogP contribution in [-0.4, -0.2) is 0 Å². The molecule has 6 heterocycles. The molecule has 6 nitrogen and oxygen atoms in total. The van der Waals surface area contributed by atoms with Gasteiger partial charge in [-0.25, -0.2) is 27.4 Å². The molecule has 2 unspecified atom stereocenters. The maximum Gasteiger partial charge on any atom is 0.212 e. The van der Waals surface area contributed by atoms with Gasteiger partial charge in [0.05, 0.1) is 0 Å². The first-order chi connectivity index (χ1) is 49.7. The summed E-state index contributed by atoms with van der Waals surface area (Å²) in [4.78, 5) is 0. The van der Waals surface area contributed by atoms with Crippen molar-refractivity contribution < 1.29 is 38.4 Å². The van der Waals surface area contributed by atoms with Gasteiger partial charge < -0.3 is 0 Å². The summed E-state index contributed by atoms with van der Waals surface area (Å²) >= 11 is 0. The molecule has 0 fully saturated rings. The molecule has 0 aliphatic rings. The molecule has 0 amide bonds. The highest BCUT2D eigenvalue weighted by atomic mass is 14.9. The number of nitrogens with zero attached hydrogens (tertiary/aromatic N) is 6. The van der Waals surface area contributed by atoms with Gasteiger partial charge in [0.25, 0.3) is 0 Å². The number of aryl methyl sites for hydroxylation is 19. The van der Waals surface area contributed by atoms with Crippen molar-refractivity contribution in [2.24, 2.45) is 48.2 Å². The fourth-order valence-corrected chi connectivity index (χ4v) is 12.2. The van der Waals surface area contributed by atoms with Crippen molar-refractivity contribution in [1.82, 2.24) is 0 Å². The summed E-state index contributed by atoms with van der Waals surface area (Å²) in [6.07, 6.45) is 12.7. The third kappa shape index (κ3) is 20.9. The van der Waals surface area contributed by atoms with E-state index in [-0.39, 0.29) is 6.42 Å². The summed E-state index contributed by atoms with van der Waals surface area (Å²) in [5.41, 5.74) is 32.6. The molecule has 2 atom stereocenters. The van der Waals surface area contributed by atoms with Crippen LogP contribution < -0.4 is 27.4 Å². The predicted molar refractivity (Wildman–Crippen MR) is 413 cm³/mol. The quantitative estimate of drug-likeness (QED) is 0.129. The minimum atomic E-state index is -2.35. The lowest BCUT2D eigenvalue weighted by atomic mass is 9.96. The lowest BCUT2D eigenvalue weighted by Gasteiger charge is -2.09. The fourth-order valence-electron chi connectivity index (χ4n) is 12.2. The first kappa shape index (κ1) is 64.2. The molecule has 6 heteroatoms. The maximum atomic E-state index is 8.17. The van der Waals surface area contributed by atoms with E-state index in [1.165, 1.54) is 120 Å². The first-order valence-electron chi connectivity index (χ1n) is 37.9. The standard InChI is InChI=1S/C17H22N.2C16H20N.C15H18N.2C14H16N/c1-13(2)11-15-8-9-16(14(3)12-15)17-7-5-6-10-18(17)4;1-11-6-7-15(13(3)8-11)16-9-12(2)14(4)10-17(16)5;1-12(2)14-8-9-15(13(3)11-14)16-7-5-6-10-17(16)4;1-11-5-7-14(13(3)9-11)15-8-6-12(2)10-16(15)4;2*1-11-7-8-12(2)13(10-11)14-6-4-5-9-15(14)3/h5-10,12-13H,11H2,1-4H3;6-10H,1-5H3;5-12H,1-4H3;5-10H,1-4H3;2*4-10H,1-3H3/q6*+1/i1D3,13D;;1D3,12D;;;. The second-order valence-electron chi connectivity index (χ2n) is 26.7. The first-order valence-corrected chi connectivity index (χ1v) is 33.9. The van der Waals surface area contributed by atoms with Crippen LogP contribution in [0.1, 0.15) is 128 Å². The third-order valence-corrected chi connectivity index (χ3v) is 17.9. The van der Waals surface area contributed by atoms with Gasteiger partial charge in [0.1, 0.15) is 42.3 Å². The zero-order chi connectivity index (χ0) is 78.3. The van der Waals surface area contributed by atoms with Gasteiger partial charge >= 0.3 is 0 Å².